The number of hydrogen-bond acceptors (Lipinski definition) is 3. The molecule has 3 unspecified atom stereocenters. The minimum atomic E-state index is -1.49. The van der Waals surface area contributed by atoms with Gasteiger partial charge in [-0.2, -0.15) is 4.40 Å². The van der Waals surface area contributed by atoms with Crippen LogP contribution in [0, 0.1) is 5.92 Å². The Kier molecular flexibility index (Phi) is 3.18. The Bertz CT molecular complexity index is 559. The van der Waals surface area contributed by atoms with Crippen molar-refractivity contribution in [1.82, 2.24) is 0 Å². The van der Waals surface area contributed by atoms with Gasteiger partial charge in [-0.05, 0) is 37.3 Å². The van der Waals surface area contributed by atoms with E-state index in [0.717, 1.165) is 29.8 Å². The van der Waals surface area contributed by atoms with Crippen LogP contribution in [0.4, 0.5) is 5.69 Å². The molecule has 0 aromatic heterocycles. The molecule has 0 amide bonds. The lowest BCUT2D eigenvalue weighted by molar-refractivity contribution is 0.205. The lowest BCUT2D eigenvalue weighted by Gasteiger charge is -2.21. The van der Waals surface area contributed by atoms with E-state index in [4.69, 9.17) is 10.5 Å². The van der Waals surface area contributed by atoms with Crippen LogP contribution in [0.3, 0.4) is 0 Å². The van der Waals surface area contributed by atoms with Crippen LogP contribution in [-0.4, -0.2) is 16.1 Å². The molecule has 19 heavy (non-hydrogen) atoms. The fraction of sp³-hybridized carbons (Fsp3) is 0.462. The van der Waals surface area contributed by atoms with Gasteiger partial charge >= 0.3 is 0 Å². The highest BCUT2D eigenvalue weighted by Crippen LogP contribution is 2.34. The van der Waals surface area contributed by atoms with Gasteiger partial charge in [0.15, 0.2) is 0 Å². The summed E-state index contributed by atoms with van der Waals surface area (Å²) in [4.78, 5) is 0. The molecule has 1 heterocycles. The van der Waals surface area contributed by atoms with Crippen molar-refractivity contribution >= 4 is 22.7 Å². The zero-order valence-corrected chi connectivity index (χ0v) is 11.6. The Morgan fingerprint density at radius 2 is 2.32 bits per heavy atom. The summed E-state index contributed by atoms with van der Waals surface area (Å²) in [6.45, 7) is 2.24. The number of nitrogens with zero attached hydrogens (tertiary/aromatic N) is 1. The van der Waals surface area contributed by atoms with Crippen molar-refractivity contribution in [2.75, 3.05) is 4.72 Å². The maximum atomic E-state index is 11.4. The molecule has 1 fully saturated rings. The summed E-state index contributed by atoms with van der Waals surface area (Å²) in [6, 6.07) is 5.59. The maximum absolute atomic E-state index is 11.4. The van der Waals surface area contributed by atoms with Crippen molar-refractivity contribution in [1.29, 1.82) is 0 Å². The fourth-order valence-corrected chi connectivity index (χ4v) is 3.35. The third kappa shape index (κ3) is 2.45. The van der Waals surface area contributed by atoms with Crippen LogP contribution in [0.25, 0.3) is 0 Å². The summed E-state index contributed by atoms with van der Waals surface area (Å²) in [7, 11) is 0. The SMILES string of the molecule is CC1CCC(Oc2cccc3c2C(N)=NS(=O)N3)C1. The highest BCUT2D eigenvalue weighted by Gasteiger charge is 2.26. The van der Waals surface area contributed by atoms with Crippen LogP contribution in [0.1, 0.15) is 31.7 Å². The Morgan fingerprint density at radius 1 is 1.47 bits per heavy atom. The Morgan fingerprint density at radius 3 is 3.05 bits per heavy atom. The standard InChI is InChI=1S/C13H17N3O2S/c1-8-5-6-9(7-8)18-11-4-2-3-10-12(11)13(14)16-19(17)15-10/h2-4,8-9,15H,5-7H2,1H3,(H2,14,16). The molecule has 1 aliphatic heterocycles. The fourth-order valence-electron chi connectivity index (χ4n) is 2.67. The summed E-state index contributed by atoms with van der Waals surface area (Å²) in [5, 5.41) is 0. The molecule has 1 saturated carbocycles. The zero-order valence-electron chi connectivity index (χ0n) is 10.8. The molecule has 5 nitrogen and oxygen atoms in total. The second-order valence-electron chi connectivity index (χ2n) is 5.16. The molecule has 2 aliphatic rings. The largest absolute Gasteiger partial charge is 0.490 e. The lowest BCUT2D eigenvalue weighted by atomic mass is 10.1. The average Bonchev–Trinajstić information content (AvgIpc) is 2.74. The van der Waals surface area contributed by atoms with Crippen molar-refractivity contribution < 1.29 is 8.95 Å². The van der Waals surface area contributed by atoms with Crippen LogP contribution in [0.5, 0.6) is 5.75 Å². The molecule has 3 rings (SSSR count). The Hall–Kier alpha value is -1.56. The number of anilines is 1. The molecule has 0 spiro atoms. The molecule has 1 aromatic carbocycles. The zero-order chi connectivity index (χ0) is 13.4. The number of benzene rings is 1. The number of rotatable bonds is 2. The van der Waals surface area contributed by atoms with E-state index in [0.29, 0.717) is 5.92 Å². The van der Waals surface area contributed by atoms with Crippen LogP contribution >= 0.6 is 0 Å². The molecule has 3 N–H and O–H groups in total. The van der Waals surface area contributed by atoms with Gasteiger partial charge in [0.25, 0.3) is 0 Å². The monoisotopic (exact) mass is 279 g/mol. The van der Waals surface area contributed by atoms with E-state index in [1.165, 1.54) is 6.42 Å². The molecule has 6 heteroatoms. The molecule has 0 bridgehead atoms. The first-order valence-electron chi connectivity index (χ1n) is 6.46. The Labute approximate surface area is 115 Å². The average molecular weight is 279 g/mol. The number of fused-ring (bicyclic) bond motifs is 1. The smallest absolute Gasteiger partial charge is 0.245 e. The first-order valence-corrected chi connectivity index (χ1v) is 7.57. The van der Waals surface area contributed by atoms with E-state index in [1.807, 2.05) is 18.2 Å². The predicted octanol–water partition coefficient (Wildman–Crippen LogP) is 1.96. The van der Waals surface area contributed by atoms with Crippen LogP contribution in [-0.2, 0) is 11.2 Å². The summed E-state index contributed by atoms with van der Waals surface area (Å²) in [5.74, 6) is 1.71. The molecule has 102 valence electrons. The highest BCUT2D eigenvalue weighted by atomic mass is 32.2. The first kappa shape index (κ1) is 12.5. The molecule has 1 aromatic rings. The quantitative estimate of drug-likeness (QED) is 0.869. The van der Waals surface area contributed by atoms with E-state index in [2.05, 4.69) is 16.0 Å². The maximum Gasteiger partial charge on any atom is 0.245 e. The number of hydrogen-bond donors (Lipinski definition) is 2. The van der Waals surface area contributed by atoms with E-state index >= 15 is 0 Å². The van der Waals surface area contributed by atoms with Gasteiger partial charge in [0.05, 0.1) is 17.4 Å². The molecular formula is C13H17N3O2S. The lowest BCUT2D eigenvalue weighted by Crippen LogP contribution is -2.25. The van der Waals surface area contributed by atoms with Crippen molar-refractivity contribution in [2.24, 2.45) is 16.0 Å². The normalized spacial score (nSPS) is 29.3. The third-order valence-electron chi connectivity index (χ3n) is 3.60. The minimum Gasteiger partial charge on any atom is -0.490 e. The number of amidine groups is 1. The molecule has 0 saturated heterocycles. The van der Waals surface area contributed by atoms with Crippen molar-refractivity contribution in [3.63, 3.8) is 0 Å². The highest BCUT2D eigenvalue weighted by molar-refractivity contribution is 7.85. The molecule has 1 aliphatic carbocycles. The van der Waals surface area contributed by atoms with Crippen molar-refractivity contribution in [3.05, 3.63) is 23.8 Å². The van der Waals surface area contributed by atoms with Crippen molar-refractivity contribution in [2.45, 2.75) is 32.3 Å². The second kappa shape index (κ2) is 4.85. The second-order valence-corrected chi connectivity index (χ2v) is 6.05. The van der Waals surface area contributed by atoms with Gasteiger partial charge in [-0.1, -0.05) is 13.0 Å². The third-order valence-corrected chi connectivity index (χ3v) is 4.36. The van der Waals surface area contributed by atoms with Gasteiger partial charge in [-0.15, -0.1) is 0 Å². The van der Waals surface area contributed by atoms with Gasteiger partial charge in [0.1, 0.15) is 11.6 Å². The molecule has 3 atom stereocenters. The minimum absolute atomic E-state index is 0.238. The van der Waals surface area contributed by atoms with Crippen LogP contribution < -0.4 is 15.2 Å². The summed E-state index contributed by atoms with van der Waals surface area (Å²) < 4.78 is 24.1. The summed E-state index contributed by atoms with van der Waals surface area (Å²) in [6.07, 6.45) is 3.58. The van der Waals surface area contributed by atoms with E-state index < -0.39 is 11.2 Å². The van der Waals surface area contributed by atoms with E-state index in [9.17, 15) is 4.21 Å². The van der Waals surface area contributed by atoms with Gasteiger partial charge in [0.2, 0.25) is 11.2 Å². The summed E-state index contributed by atoms with van der Waals surface area (Å²) in [5.41, 5.74) is 7.32. The number of nitrogens with one attached hydrogen (secondary N) is 1. The topological polar surface area (TPSA) is 76.7 Å². The first-order chi connectivity index (χ1) is 9.13. The van der Waals surface area contributed by atoms with Gasteiger partial charge in [-0.25, -0.2) is 4.21 Å². The van der Waals surface area contributed by atoms with Crippen LogP contribution in [0.2, 0.25) is 0 Å². The van der Waals surface area contributed by atoms with E-state index in [1.54, 1.807) is 0 Å². The predicted molar refractivity (Wildman–Crippen MR) is 76.4 cm³/mol. The van der Waals surface area contributed by atoms with E-state index in [-0.39, 0.29) is 11.9 Å². The van der Waals surface area contributed by atoms with Crippen LogP contribution in [0.15, 0.2) is 22.6 Å². The number of nitrogens with two attached hydrogens (primary N) is 1. The number of ether oxygens (including phenoxy) is 1. The van der Waals surface area contributed by atoms with Gasteiger partial charge in [-0.3, -0.25) is 4.72 Å². The Balaban J connectivity index is 1.90. The van der Waals surface area contributed by atoms with Gasteiger partial charge in [0, 0.05) is 0 Å². The molecular weight excluding hydrogens is 262 g/mol. The summed E-state index contributed by atoms with van der Waals surface area (Å²) >= 11 is -1.49. The van der Waals surface area contributed by atoms with Crippen molar-refractivity contribution in [3.8, 4) is 5.75 Å². The van der Waals surface area contributed by atoms with Gasteiger partial charge < -0.3 is 10.5 Å². The molecule has 0 radical (unpaired) electrons.